The maximum atomic E-state index is 12.7. The molecule has 4 aliphatic carbocycles. The molecule has 4 saturated carbocycles. The van der Waals surface area contributed by atoms with Crippen LogP contribution in [0.5, 0.6) is 0 Å². The molecule has 5 fully saturated rings. The minimum atomic E-state index is -0.0492. The van der Waals surface area contributed by atoms with Crippen LogP contribution in [0.4, 0.5) is 0 Å². The first-order valence-electron chi connectivity index (χ1n) is 12.4. The molecular formula is C25H40N2O3. The van der Waals surface area contributed by atoms with E-state index in [9.17, 15) is 4.79 Å². The van der Waals surface area contributed by atoms with Crippen molar-refractivity contribution in [1.29, 1.82) is 0 Å². The molecule has 0 bridgehead atoms. The molecule has 0 radical (unpaired) electrons. The summed E-state index contributed by atoms with van der Waals surface area (Å²) < 4.78 is 5.74. The summed E-state index contributed by atoms with van der Waals surface area (Å²) in [6.07, 6.45) is 10.1. The first-order chi connectivity index (χ1) is 14.5. The van der Waals surface area contributed by atoms with Gasteiger partial charge in [0, 0.05) is 38.5 Å². The van der Waals surface area contributed by atoms with Gasteiger partial charge in [0.15, 0.2) is 0 Å². The SMILES string of the molecule is COCC1C[C@@H]2[C@@H](CC[C@]3(C)C(=O)CC[C@@H]23)[C@@]2(C)CCC(=NO[C@@H]3CCNC3)CC12. The van der Waals surface area contributed by atoms with Crippen molar-refractivity contribution < 1.29 is 14.4 Å². The summed E-state index contributed by atoms with van der Waals surface area (Å²) in [6.45, 7) is 7.64. The van der Waals surface area contributed by atoms with E-state index in [-0.39, 0.29) is 11.5 Å². The fourth-order valence-corrected chi connectivity index (χ4v) is 8.42. The number of hydrogen-bond acceptors (Lipinski definition) is 5. The topological polar surface area (TPSA) is 59.9 Å². The van der Waals surface area contributed by atoms with Crippen molar-refractivity contribution in [2.75, 3.05) is 26.8 Å². The standard InChI is InChI=1S/C25H40N2O3/c1-24-9-6-17(27-30-18-8-11-26-14-18)13-22(24)16(15-29-3)12-19-20-4-5-23(28)25(20,2)10-7-21(19)24/h16,18-22,26H,4-15H2,1-3H3/t16?,18-,19+,20+,21-,22?,24-,25+/m1/s1. The zero-order valence-corrected chi connectivity index (χ0v) is 19.1. The molecule has 2 unspecified atom stereocenters. The largest absolute Gasteiger partial charge is 0.391 e. The summed E-state index contributed by atoms with van der Waals surface area (Å²) in [5, 5.41) is 8.01. The van der Waals surface area contributed by atoms with Crippen molar-refractivity contribution in [2.24, 2.45) is 45.6 Å². The Hall–Kier alpha value is -0.940. The predicted octanol–water partition coefficient (Wildman–Crippen LogP) is 4.21. The van der Waals surface area contributed by atoms with E-state index in [4.69, 9.17) is 9.57 Å². The Balaban J connectivity index is 1.38. The van der Waals surface area contributed by atoms with Crippen LogP contribution in [-0.4, -0.2) is 44.4 Å². The molecule has 1 heterocycles. The molecule has 0 spiro atoms. The van der Waals surface area contributed by atoms with Crippen LogP contribution in [0.15, 0.2) is 5.16 Å². The number of hydrogen-bond donors (Lipinski definition) is 1. The van der Waals surface area contributed by atoms with Gasteiger partial charge in [-0.15, -0.1) is 0 Å². The Morgan fingerprint density at radius 1 is 1.10 bits per heavy atom. The number of carbonyl (C=O) groups excluding carboxylic acids is 1. The van der Waals surface area contributed by atoms with E-state index >= 15 is 0 Å². The summed E-state index contributed by atoms with van der Waals surface area (Å²) in [7, 11) is 1.85. The van der Waals surface area contributed by atoms with Crippen LogP contribution >= 0.6 is 0 Å². The van der Waals surface area contributed by atoms with Crippen molar-refractivity contribution in [1.82, 2.24) is 5.32 Å². The molecule has 5 nitrogen and oxygen atoms in total. The highest BCUT2D eigenvalue weighted by molar-refractivity contribution is 5.87. The average molecular weight is 417 g/mol. The highest BCUT2D eigenvalue weighted by Gasteiger charge is 2.62. The fourth-order valence-electron chi connectivity index (χ4n) is 8.42. The molecule has 168 valence electrons. The number of fused-ring (bicyclic) bond motifs is 5. The van der Waals surface area contributed by atoms with Gasteiger partial charge >= 0.3 is 0 Å². The Kier molecular flexibility index (Phi) is 5.50. The molecule has 1 N–H and O–H groups in total. The number of ether oxygens (including phenoxy) is 1. The van der Waals surface area contributed by atoms with E-state index in [0.717, 1.165) is 64.1 Å². The van der Waals surface area contributed by atoms with Gasteiger partial charge in [-0.1, -0.05) is 19.0 Å². The molecule has 0 aromatic rings. The Morgan fingerprint density at radius 3 is 2.73 bits per heavy atom. The lowest BCUT2D eigenvalue weighted by Crippen LogP contribution is -2.57. The lowest BCUT2D eigenvalue weighted by atomic mass is 9.43. The smallest absolute Gasteiger partial charge is 0.141 e. The van der Waals surface area contributed by atoms with Crippen LogP contribution in [-0.2, 0) is 14.4 Å². The molecule has 0 aromatic heterocycles. The number of Topliss-reactive ketones (excluding diaryl/α,β-unsaturated/α-hetero) is 1. The molecule has 1 aliphatic heterocycles. The molecule has 5 rings (SSSR count). The maximum Gasteiger partial charge on any atom is 0.141 e. The van der Waals surface area contributed by atoms with Gasteiger partial charge in [-0.2, -0.15) is 0 Å². The van der Waals surface area contributed by atoms with Gasteiger partial charge in [-0.25, -0.2) is 0 Å². The molecule has 0 aromatic carbocycles. The van der Waals surface area contributed by atoms with E-state index < -0.39 is 0 Å². The van der Waals surface area contributed by atoms with Crippen LogP contribution in [0.25, 0.3) is 0 Å². The van der Waals surface area contributed by atoms with Crippen LogP contribution in [0.3, 0.4) is 0 Å². The van der Waals surface area contributed by atoms with Crippen molar-refractivity contribution in [3.8, 4) is 0 Å². The van der Waals surface area contributed by atoms with Gasteiger partial charge in [-0.3, -0.25) is 4.79 Å². The number of methoxy groups -OCH3 is 1. The Morgan fingerprint density at radius 2 is 1.97 bits per heavy atom. The second-order valence-corrected chi connectivity index (χ2v) is 11.4. The van der Waals surface area contributed by atoms with Crippen molar-refractivity contribution >= 4 is 11.5 Å². The Labute approximate surface area is 181 Å². The summed E-state index contributed by atoms with van der Waals surface area (Å²) in [4.78, 5) is 18.6. The lowest BCUT2D eigenvalue weighted by Gasteiger charge is -2.61. The number of ketones is 1. The molecule has 5 heteroatoms. The minimum Gasteiger partial charge on any atom is -0.391 e. The average Bonchev–Trinajstić information content (AvgIpc) is 3.35. The highest BCUT2D eigenvalue weighted by atomic mass is 16.6. The second kappa shape index (κ2) is 7.88. The minimum absolute atomic E-state index is 0.0492. The number of rotatable bonds is 4. The van der Waals surface area contributed by atoms with Gasteiger partial charge < -0.3 is 14.9 Å². The first kappa shape index (κ1) is 20.9. The monoisotopic (exact) mass is 416 g/mol. The molecule has 1 saturated heterocycles. The third kappa shape index (κ3) is 3.26. The fraction of sp³-hybridized carbons (Fsp3) is 0.920. The summed E-state index contributed by atoms with van der Waals surface area (Å²) in [6, 6.07) is 0. The van der Waals surface area contributed by atoms with E-state index in [1.807, 2.05) is 7.11 Å². The zero-order chi connectivity index (χ0) is 20.9. The number of carbonyl (C=O) groups is 1. The van der Waals surface area contributed by atoms with E-state index in [1.165, 1.54) is 25.0 Å². The van der Waals surface area contributed by atoms with Crippen molar-refractivity contribution in [2.45, 2.75) is 77.7 Å². The van der Waals surface area contributed by atoms with Gasteiger partial charge in [-0.05, 0) is 86.5 Å². The second-order valence-electron chi connectivity index (χ2n) is 11.4. The number of nitrogens with zero attached hydrogens (tertiary/aromatic N) is 1. The van der Waals surface area contributed by atoms with Crippen LogP contribution in [0.1, 0.15) is 71.6 Å². The first-order valence-corrected chi connectivity index (χ1v) is 12.4. The third-order valence-corrected chi connectivity index (χ3v) is 10.1. The van der Waals surface area contributed by atoms with E-state index in [1.54, 1.807) is 0 Å². The zero-order valence-electron chi connectivity index (χ0n) is 19.1. The number of oxime groups is 1. The number of nitrogens with one attached hydrogen (secondary N) is 1. The molecule has 5 aliphatic rings. The predicted molar refractivity (Wildman–Crippen MR) is 117 cm³/mol. The van der Waals surface area contributed by atoms with Crippen LogP contribution < -0.4 is 5.32 Å². The van der Waals surface area contributed by atoms with E-state index in [0.29, 0.717) is 34.9 Å². The quantitative estimate of drug-likeness (QED) is 0.698. The van der Waals surface area contributed by atoms with Gasteiger partial charge in [0.1, 0.15) is 11.9 Å². The maximum absolute atomic E-state index is 12.7. The molecule has 30 heavy (non-hydrogen) atoms. The highest BCUT2D eigenvalue weighted by Crippen LogP contribution is 2.66. The normalized spacial score (nSPS) is 49.6. The summed E-state index contributed by atoms with van der Waals surface area (Å²) >= 11 is 0. The third-order valence-electron chi connectivity index (χ3n) is 10.1. The molecular weight excluding hydrogens is 376 g/mol. The van der Waals surface area contributed by atoms with Crippen LogP contribution in [0.2, 0.25) is 0 Å². The van der Waals surface area contributed by atoms with Gasteiger partial charge in [0.2, 0.25) is 0 Å². The van der Waals surface area contributed by atoms with Crippen molar-refractivity contribution in [3.05, 3.63) is 0 Å². The van der Waals surface area contributed by atoms with Gasteiger partial charge in [0.25, 0.3) is 0 Å². The lowest BCUT2D eigenvalue weighted by molar-refractivity contribution is -0.145. The Bertz CT molecular complexity index is 703. The van der Waals surface area contributed by atoms with E-state index in [2.05, 4.69) is 24.3 Å². The van der Waals surface area contributed by atoms with Gasteiger partial charge in [0.05, 0.1) is 5.71 Å². The molecule has 8 atom stereocenters. The summed E-state index contributed by atoms with van der Waals surface area (Å²) in [5.74, 6) is 3.76. The summed E-state index contributed by atoms with van der Waals surface area (Å²) in [5.41, 5.74) is 1.56. The van der Waals surface area contributed by atoms with Crippen LogP contribution in [0, 0.1) is 40.4 Å². The molecule has 0 amide bonds. The van der Waals surface area contributed by atoms with Crippen molar-refractivity contribution in [3.63, 3.8) is 0 Å².